The van der Waals surface area contributed by atoms with E-state index >= 15 is 0 Å². The van der Waals surface area contributed by atoms with Crippen molar-refractivity contribution >= 4 is 35.5 Å². The second-order valence-corrected chi connectivity index (χ2v) is 7.25. The Bertz CT molecular complexity index is 914. The van der Waals surface area contributed by atoms with Crippen LogP contribution < -0.4 is 0 Å². The van der Waals surface area contributed by atoms with Gasteiger partial charge in [-0.2, -0.15) is 5.10 Å². The molecule has 9 heteroatoms. The molecule has 0 radical (unpaired) electrons. The predicted octanol–water partition coefficient (Wildman–Crippen LogP) is 3.41. The normalized spacial score (nSPS) is 11.4. The molecule has 0 saturated heterocycles. The maximum atomic E-state index is 10.3. The van der Waals surface area contributed by atoms with Crippen LogP contribution >= 0.6 is 23.6 Å². The monoisotopic (exact) mass is 389 g/mol. The molecule has 0 aliphatic carbocycles. The Morgan fingerprint density at radius 3 is 2.85 bits per heavy atom. The Kier molecular flexibility index (Phi) is 6.26. The fraction of sp³-hybridized carbons (Fsp3) is 0.294. The van der Waals surface area contributed by atoms with E-state index in [-0.39, 0.29) is 5.88 Å². The van der Waals surface area contributed by atoms with Crippen LogP contribution in [0.1, 0.15) is 16.9 Å². The molecule has 0 aliphatic rings. The van der Waals surface area contributed by atoms with Gasteiger partial charge in [-0.1, -0.05) is 23.5 Å². The van der Waals surface area contributed by atoms with Crippen molar-refractivity contribution in [3.05, 3.63) is 51.3 Å². The first-order valence-electron chi connectivity index (χ1n) is 8.04. The molecule has 3 rings (SSSR count). The van der Waals surface area contributed by atoms with Crippen LogP contribution in [0.4, 0.5) is 5.69 Å². The Balaban J connectivity index is 1.67. The third kappa shape index (κ3) is 4.63. The van der Waals surface area contributed by atoms with E-state index in [9.17, 15) is 5.11 Å². The number of aromatic nitrogens is 4. The number of thiazole rings is 1. The van der Waals surface area contributed by atoms with Crippen molar-refractivity contribution in [3.8, 4) is 5.88 Å². The van der Waals surface area contributed by atoms with Gasteiger partial charge >= 0.3 is 0 Å². The van der Waals surface area contributed by atoms with Crippen molar-refractivity contribution in [3.63, 3.8) is 0 Å². The van der Waals surface area contributed by atoms with Crippen LogP contribution in [-0.4, -0.2) is 44.4 Å². The second-order valence-electron chi connectivity index (χ2n) is 5.57. The Morgan fingerprint density at radius 1 is 1.35 bits per heavy atom. The van der Waals surface area contributed by atoms with Gasteiger partial charge in [-0.25, -0.2) is 9.67 Å². The Labute approximate surface area is 160 Å². The molecule has 0 aliphatic heterocycles. The fourth-order valence-electron chi connectivity index (χ4n) is 2.38. The molecule has 3 aromatic rings. The molecular weight excluding hydrogens is 370 g/mol. The van der Waals surface area contributed by atoms with Gasteiger partial charge in [-0.15, -0.1) is 0 Å². The number of hydrogen-bond donors (Lipinski definition) is 1. The van der Waals surface area contributed by atoms with Gasteiger partial charge in [-0.3, -0.25) is 9.56 Å². The number of nitrogens with zero attached hydrogens (tertiary/aromatic N) is 5. The molecule has 2 aromatic heterocycles. The van der Waals surface area contributed by atoms with Gasteiger partial charge in [-0.05, 0) is 36.3 Å². The number of hydrogen-bond acceptors (Lipinski definition) is 7. The summed E-state index contributed by atoms with van der Waals surface area (Å²) >= 11 is 6.66. The lowest BCUT2D eigenvalue weighted by atomic mass is 10.2. The van der Waals surface area contributed by atoms with Gasteiger partial charge in [0.15, 0.2) is 3.95 Å². The van der Waals surface area contributed by atoms with Crippen LogP contribution in [0, 0.1) is 3.95 Å². The molecule has 0 amide bonds. The minimum Gasteiger partial charge on any atom is -0.493 e. The first-order valence-corrected chi connectivity index (χ1v) is 9.27. The van der Waals surface area contributed by atoms with Crippen molar-refractivity contribution in [2.24, 2.45) is 4.99 Å². The van der Waals surface area contributed by atoms with Crippen LogP contribution in [-0.2, 0) is 17.8 Å². The molecular formula is C17H19N5O2S2. The van der Waals surface area contributed by atoms with Gasteiger partial charge in [0.2, 0.25) is 5.88 Å². The average Bonchev–Trinajstić information content (AvgIpc) is 3.24. The zero-order valence-electron chi connectivity index (χ0n) is 14.3. The minimum atomic E-state index is 0.155. The Morgan fingerprint density at radius 2 is 2.15 bits per heavy atom. The highest BCUT2D eigenvalue weighted by Gasteiger charge is 2.09. The van der Waals surface area contributed by atoms with E-state index in [4.69, 9.17) is 17.0 Å². The molecule has 2 heterocycles. The first kappa shape index (κ1) is 18.4. The maximum absolute atomic E-state index is 10.3. The third-order valence-electron chi connectivity index (χ3n) is 3.70. The van der Waals surface area contributed by atoms with Crippen LogP contribution in [0.15, 0.2) is 41.9 Å². The van der Waals surface area contributed by atoms with Crippen molar-refractivity contribution in [1.82, 2.24) is 19.3 Å². The summed E-state index contributed by atoms with van der Waals surface area (Å²) in [5, 5.41) is 14.4. The standard InChI is InChI=1S/C17H19N5O2S2/c1-24-8-2-7-22-16(23)15(26-17(22)25)9-19-14-5-3-13(4-6-14)10-21-12-18-11-20-21/h3-6,9,11-12,23H,2,7-8,10H2,1H3. The smallest absolute Gasteiger partial charge is 0.212 e. The molecule has 0 unspecified atom stereocenters. The second kappa shape index (κ2) is 8.84. The number of benzene rings is 1. The summed E-state index contributed by atoms with van der Waals surface area (Å²) in [6, 6.07) is 7.83. The highest BCUT2D eigenvalue weighted by atomic mass is 32.1. The summed E-state index contributed by atoms with van der Waals surface area (Å²) in [6.07, 6.45) is 5.63. The molecule has 7 nitrogen and oxygen atoms in total. The first-order chi connectivity index (χ1) is 12.7. The molecule has 136 valence electrons. The highest BCUT2D eigenvalue weighted by Crippen LogP contribution is 2.25. The minimum absolute atomic E-state index is 0.155. The van der Waals surface area contributed by atoms with E-state index < -0.39 is 0 Å². The van der Waals surface area contributed by atoms with Gasteiger partial charge in [0, 0.05) is 20.3 Å². The van der Waals surface area contributed by atoms with Crippen molar-refractivity contribution in [2.45, 2.75) is 19.5 Å². The SMILES string of the molecule is COCCCn1c(O)c(C=Nc2ccc(Cn3cncn3)cc2)sc1=S. The van der Waals surface area contributed by atoms with E-state index in [1.165, 1.54) is 17.7 Å². The maximum Gasteiger partial charge on any atom is 0.212 e. The van der Waals surface area contributed by atoms with Crippen LogP contribution in [0.2, 0.25) is 0 Å². The summed E-state index contributed by atoms with van der Waals surface area (Å²) in [6.45, 7) is 1.91. The number of methoxy groups -OCH3 is 1. The Hall–Kier alpha value is -2.36. The molecule has 0 atom stereocenters. The van der Waals surface area contributed by atoms with E-state index in [1.54, 1.807) is 28.9 Å². The lowest BCUT2D eigenvalue weighted by Crippen LogP contribution is -2.00. The van der Waals surface area contributed by atoms with E-state index in [1.807, 2.05) is 24.3 Å². The number of aliphatic imine (C=N–C) groups is 1. The fourth-order valence-corrected chi connectivity index (χ4v) is 3.61. The molecule has 0 fully saturated rings. The molecule has 0 saturated carbocycles. The lowest BCUT2D eigenvalue weighted by Gasteiger charge is -2.03. The molecule has 0 bridgehead atoms. The van der Waals surface area contributed by atoms with Crippen LogP contribution in [0.25, 0.3) is 0 Å². The molecule has 1 N–H and O–H groups in total. The summed E-state index contributed by atoms with van der Waals surface area (Å²) in [7, 11) is 1.65. The van der Waals surface area contributed by atoms with E-state index in [0.717, 1.165) is 17.7 Å². The van der Waals surface area contributed by atoms with E-state index in [0.29, 0.717) is 28.5 Å². The summed E-state index contributed by atoms with van der Waals surface area (Å²) < 4.78 is 9.13. The zero-order chi connectivity index (χ0) is 18.4. The van der Waals surface area contributed by atoms with Gasteiger partial charge < -0.3 is 9.84 Å². The predicted molar refractivity (Wildman–Crippen MR) is 104 cm³/mol. The summed E-state index contributed by atoms with van der Waals surface area (Å²) in [5.41, 5.74) is 1.91. The third-order valence-corrected chi connectivity index (χ3v) is 5.08. The number of ether oxygens (including phenoxy) is 1. The number of rotatable bonds is 8. The van der Waals surface area contributed by atoms with Gasteiger partial charge in [0.05, 0.1) is 18.4 Å². The average molecular weight is 390 g/mol. The van der Waals surface area contributed by atoms with Gasteiger partial charge in [0.1, 0.15) is 17.5 Å². The van der Waals surface area contributed by atoms with Crippen LogP contribution in [0.5, 0.6) is 5.88 Å². The van der Waals surface area contributed by atoms with Crippen molar-refractivity contribution in [2.75, 3.05) is 13.7 Å². The lowest BCUT2D eigenvalue weighted by molar-refractivity contribution is 0.189. The summed E-state index contributed by atoms with van der Waals surface area (Å²) in [4.78, 5) is 9.01. The van der Waals surface area contributed by atoms with E-state index in [2.05, 4.69) is 15.1 Å². The molecule has 1 aromatic carbocycles. The topological polar surface area (TPSA) is 77.5 Å². The quantitative estimate of drug-likeness (QED) is 0.363. The van der Waals surface area contributed by atoms with Crippen molar-refractivity contribution < 1.29 is 9.84 Å². The van der Waals surface area contributed by atoms with Crippen molar-refractivity contribution in [1.29, 1.82) is 0 Å². The van der Waals surface area contributed by atoms with Gasteiger partial charge in [0.25, 0.3) is 0 Å². The largest absolute Gasteiger partial charge is 0.493 e. The molecule has 0 spiro atoms. The van der Waals surface area contributed by atoms with Crippen LogP contribution in [0.3, 0.4) is 0 Å². The zero-order valence-corrected chi connectivity index (χ0v) is 15.9. The molecule has 26 heavy (non-hydrogen) atoms. The number of aromatic hydroxyl groups is 1. The highest BCUT2D eigenvalue weighted by molar-refractivity contribution is 7.73. The summed E-state index contributed by atoms with van der Waals surface area (Å²) in [5.74, 6) is 0.155.